The van der Waals surface area contributed by atoms with Crippen LogP contribution in [0.3, 0.4) is 0 Å². The summed E-state index contributed by atoms with van der Waals surface area (Å²) < 4.78 is 31.6. The molecule has 0 saturated carbocycles. The minimum absolute atomic E-state index is 0.0560. The molecular weight excluding hydrogens is 266 g/mol. The molecule has 6 heteroatoms. The maximum absolute atomic E-state index is 13.4. The minimum atomic E-state index is -0.971. The van der Waals surface area contributed by atoms with Gasteiger partial charge in [0.2, 0.25) is 0 Å². The number of nitrogens with one attached hydrogen (secondary N) is 2. The molecule has 0 saturated heterocycles. The van der Waals surface area contributed by atoms with Crippen LogP contribution in [0.1, 0.15) is 22.3 Å². The van der Waals surface area contributed by atoms with Crippen LogP contribution in [0.5, 0.6) is 0 Å². The van der Waals surface area contributed by atoms with E-state index in [2.05, 4.69) is 5.32 Å². The second-order valence-corrected chi connectivity index (χ2v) is 4.02. The highest BCUT2D eigenvalue weighted by molar-refractivity contribution is 6.06. The SMILES string of the molecule is COCCCN/C=C\C(=N)c1cc(F)c(C=O)c(F)c1. The van der Waals surface area contributed by atoms with Crippen molar-refractivity contribution in [3.8, 4) is 0 Å². The molecule has 108 valence electrons. The van der Waals surface area contributed by atoms with Gasteiger partial charge in [-0.05, 0) is 30.8 Å². The molecule has 0 aliphatic heterocycles. The van der Waals surface area contributed by atoms with Crippen LogP contribution in [0.4, 0.5) is 8.78 Å². The molecule has 2 N–H and O–H groups in total. The Labute approximate surface area is 116 Å². The Balaban J connectivity index is 2.64. The number of carbonyl (C=O) groups is 1. The van der Waals surface area contributed by atoms with Crippen LogP contribution >= 0.6 is 0 Å². The van der Waals surface area contributed by atoms with Gasteiger partial charge in [-0.3, -0.25) is 4.79 Å². The summed E-state index contributed by atoms with van der Waals surface area (Å²) in [7, 11) is 1.61. The van der Waals surface area contributed by atoms with Crippen LogP contribution in [0.2, 0.25) is 0 Å². The van der Waals surface area contributed by atoms with Crippen LogP contribution in [-0.4, -0.2) is 32.3 Å². The van der Waals surface area contributed by atoms with Crippen LogP contribution in [0.25, 0.3) is 0 Å². The average molecular weight is 282 g/mol. The molecule has 1 rings (SSSR count). The monoisotopic (exact) mass is 282 g/mol. The number of methoxy groups -OCH3 is 1. The average Bonchev–Trinajstić information content (AvgIpc) is 2.42. The lowest BCUT2D eigenvalue weighted by Gasteiger charge is -2.03. The summed E-state index contributed by atoms with van der Waals surface area (Å²) >= 11 is 0. The summed E-state index contributed by atoms with van der Waals surface area (Å²) in [6, 6.07) is 1.93. The summed E-state index contributed by atoms with van der Waals surface area (Å²) in [6.07, 6.45) is 3.85. The molecule has 4 nitrogen and oxygen atoms in total. The predicted molar refractivity (Wildman–Crippen MR) is 72.2 cm³/mol. The Morgan fingerprint density at radius 2 is 2.05 bits per heavy atom. The number of allylic oxidation sites excluding steroid dienone is 1. The van der Waals surface area contributed by atoms with Crippen molar-refractivity contribution in [3.05, 3.63) is 47.2 Å². The van der Waals surface area contributed by atoms with E-state index in [0.29, 0.717) is 13.2 Å². The fourth-order valence-corrected chi connectivity index (χ4v) is 1.49. The van der Waals surface area contributed by atoms with Crippen molar-refractivity contribution >= 4 is 12.0 Å². The van der Waals surface area contributed by atoms with Crippen molar-refractivity contribution in [2.24, 2.45) is 0 Å². The highest BCUT2D eigenvalue weighted by Gasteiger charge is 2.11. The largest absolute Gasteiger partial charge is 0.391 e. The van der Waals surface area contributed by atoms with Crippen LogP contribution in [0.15, 0.2) is 24.4 Å². The highest BCUT2D eigenvalue weighted by atomic mass is 19.1. The number of ether oxygens (including phenoxy) is 1. The molecule has 0 unspecified atom stereocenters. The Kier molecular flexibility index (Phi) is 6.52. The summed E-state index contributed by atoms with van der Waals surface area (Å²) in [5.41, 5.74) is -0.608. The minimum Gasteiger partial charge on any atom is -0.391 e. The van der Waals surface area contributed by atoms with Crippen molar-refractivity contribution in [1.29, 1.82) is 5.41 Å². The van der Waals surface area contributed by atoms with Crippen molar-refractivity contribution < 1.29 is 18.3 Å². The third-order valence-corrected chi connectivity index (χ3v) is 2.55. The molecule has 1 aromatic rings. The number of benzene rings is 1. The van der Waals surface area contributed by atoms with Gasteiger partial charge in [-0.1, -0.05) is 0 Å². The van der Waals surface area contributed by atoms with E-state index >= 15 is 0 Å². The van der Waals surface area contributed by atoms with E-state index in [1.807, 2.05) is 0 Å². The third-order valence-electron chi connectivity index (χ3n) is 2.55. The van der Waals surface area contributed by atoms with E-state index in [4.69, 9.17) is 10.1 Å². The number of aldehydes is 1. The first-order chi connectivity index (χ1) is 9.60. The topological polar surface area (TPSA) is 62.2 Å². The van der Waals surface area contributed by atoms with Crippen molar-refractivity contribution in [3.63, 3.8) is 0 Å². The van der Waals surface area contributed by atoms with Crippen molar-refractivity contribution in [2.75, 3.05) is 20.3 Å². The highest BCUT2D eigenvalue weighted by Crippen LogP contribution is 2.14. The lowest BCUT2D eigenvalue weighted by molar-refractivity contribution is 0.111. The Hall–Kier alpha value is -2.08. The number of carbonyl (C=O) groups excluding carboxylic acids is 1. The van der Waals surface area contributed by atoms with E-state index in [1.165, 1.54) is 12.3 Å². The summed E-state index contributed by atoms with van der Waals surface area (Å²) in [6.45, 7) is 1.30. The van der Waals surface area contributed by atoms with E-state index in [9.17, 15) is 13.6 Å². The van der Waals surface area contributed by atoms with Gasteiger partial charge < -0.3 is 15.5 Å². The lowest BCUT2D eigenvalue weighted by Crippen LogP contribution is -2.10. The quantitative estimate of drug-likeness (QED) is 0.437. The summed E-state index contributed by atoms with van der Waals surface area (Å²) in [4.78, 5) is 10.5. The zero-order valence-electron chi connectivity index (χ0n) is 11.1. The smallest absolute Gasteiger partial charge is 0.155 e. The van der Waals surface area contributed by atoms with Gasteiger partial charge >= 0.3 is 0 Å². The molecule has 20 heavy (non-hydrogen) atoms. The molecule has 0 radical (unpaired) electrons. The van der Waals surface area contributed by atoms with E-state index in [0.717, 1.165) is 18.6 Å². The number of halogens is 2. The van der Waals surface area contributed by atoms with Gasteiger partial charge in [0.25, 0.3) is 0 Å². The zero-order valence-corrected chi connectivity index (χ0v) is 11.1. The molecule has 0 spiro atoms. The number of rotatable bonds is 8. The second-order valence-electron chi connectivity index (χ2n) is 4.02. The fraction of sp³-hybridized carbons (Fsp3) is 0.286. The van der Waals surface area contributed by atoms with E-state index in [1.54, 1.807) is 7.11 Å². The molecule has 0 amide bonds. The molecular formula is C14H16F2N2O2. The number of hydrogen-bond donors (Lipinski definition) is 2. The van der Waals surface area contributed by atoms with Gasteiger partial charge in [-0.15, -0.1) is 0 Å². The molecule has 0 atom stereocenters. The van der Waals surface area contributed by atoms with Gasteiger partial charge in [0, 0.05) is 25.8 Å². The first-order valence-corrected chi connectivity index (χ1v) is 6.02. The van der Waals surface area contributed by atoms with Crippen molar-refractivity contribution in [1.82, 2.24) is 5.32 Å². The molecule has 0 bridgehead atoms. The van der Waals surface area contributed by atoms with Crippen LogP contribution in [-0.2, 0) is 4.74 Å². The van der Waals surface area contributed by atoms with Crippen molar-refractivity contribution in [2.45, 2.75) is 6.42 Å². The normalized spacial score (nSPS) is 10.8. The summed E-state index contributed by atoms with van der Waals surface area (Å²) in [5, 5.41) is 10.6. The van der Waals surface area contributed by atoms with Gasteiger partial charge in [-0.2, -0.15) is 0 Å². The third kappa shape index (κ3) is 4.55. The second kappa shape index (κ2) is 8.16. The van der Waals surface area contributed by atoms with E-state index in [-0.39, 0.29) is 17.6 Å². The van der Waals surface area contributed by atoms with E-state index < -0.39 is 17.2 Å². The molecule has 0 fully saturated rings. The Bertz CT molecular complexity index is 493. The maximum Gasteiger partial charge on any atom is 0.155 e. The Morgan fingerprint density at radius 3 is 2.60 bits per heavy atom. The van der Waals surface area contributed by atoms with Crippen LogP contribution < -0.4 is 5.32 Å². The van der Waals surface area contributed by atoms with Gasteiger partial charge in [0.1, 0.15) is 11.6 Å². The molecule has 0 aromatic heterocycles. The van der Waals surface area contributed by atoms with Gasteiger partial charge in [-0.25, -0.2) is 8.78 Å². The van der Waals surface area contributed by atoms with Gasteiger partial charge in [0.05, 0.1) is 11.3 Å². The molecule has 0 heterocycles. The number of hydrogen-bond acceptors (Lipinski definition) is 4. The molecule has 0 aliphatic carbocycles. The predicted octanol–water partition coefficient (Wildman–Crippen LogP) is 2.28. The standard InChI is InChI=1S/C14H16F2N2O2/c1-20-6-2-4-18-5-3-14(17)10-7-12(15)11(9-19)13(16)8-10/h3,5,7-9,17-18H,2,4,6H2,1H3/b5-3-,17-14?. The molecule has 1 aromatic carbocycles. The first-order valence-electron chi connectivity index (χ1n) is 6.02. The van der Waals surface area contributed by atoms with Gasteiger partial charge in [0.15, 0.2) is 6.29 Å². The van der Waals surface area contributed by atoms with Crippen LogP contribution in [0, 0.1) is 17.0 Å². The lowest BCUT2D eigenvalue weighted by atomic mass is 10.1. The Morgan fingerprint density at radius 1 is 1.40 bits per heavy atom. The maximum atomic E-state index is 13.4. The first kappa shape index (κ1) is 16.0. The fourth-order valence-electron chi connectivity index (χ4n) is 1.49. The molecule has 0 aliphatic rings. The zero-order chi connectivity index (χ0) is 15.0. The summed E-state index contributed by atoms with van der Waals surface area (Å²) in [5.74, 6) is -1.94.